The zero-order chi connectivity index (χ0) is 12.8. The molecule has 0 aromatic heterocycles. The third-order valence-electron chi connectivity index (χ3n) is 3.17. The first-order chi connectivity index (χ1) is 8.81. The molecule has 0 bridgehead atoms. The van der Waals surface area contributed by atoms with E-state index in [0.717, 1.165) is 43.2 Å². The van der Waals surface area contributed by atoms with E-state index in [9.17, 15) is 0 Å². The van der Waals surface area contributed by atoms with Gasteiger partial charge in [-0.3, -0.25) is 0 Å². The second-order valence-corrected chi connectivity index (χ2v) is 4.52. The molecule has 1 unspecified atom stereocenters. The molecule has 1 saturated heterocycles. The van der Waals surface area contributed by atoms with Crippen molar-refractivity contribution in [2.45, 2.75) is 25.4 Å². The lowest BCUT2D eigenvalue weighted by Crippen LogP contribution is -2.36. The molecule has 0 radical (unpaired) electrons. The molecule has 0 spiro atoms. The van der Waals surface area contributed by atoms with E-state index in [2.05, 4.69) is 5.32 Å². The third kappa shape index (κ3) is 3.62. The number of rotatable bonds is 5. The van der Waals surface area contributed by atoms with Crippen LogP contribution in [0.25, 0.3) is 0 Å². The van der Waals surface area contributed by atoms with Crippen LogP contribution in [0.3, 0.4) is 0 Å². The highest BCUT2D eigenvalue weighted by molar-refractivity contribution is 5.38. The van der Waals surface area contributed by atoms with Crippen LogP contribution < -0.4 is 14.8 Å². The monoisotopic (exact) mass is 251 g/mol. The fourth-order valence-electron chi connectivity index (χ4n) is 2.13. The first kappa shape index (κ1) is 13.2. The molecule has 0 aliphatic carbocycles. The van der Waals surface area contributed by atoms with E-state index >= 15 is 0 Å². The van der Waals surface area contributed by atoms with Gasteiger partial charge >= 0.3 is 0 Å². The molecule has 1 aromatic carbocycles. The van der Waals surface area contributed by atoms with Crippen LogP contribution in [-0.2, 0) is 11.3 Å². The minimum absolute atomic E-state index is 0.455. The Hall–Kier alpha value is -1.26. The molecule has 18 heavy (non-hydrogen) atoms. The van der Waals surface area contributed by atoms with Crippen molar-refractivity contribution in [1.29, 1.82) is 0 Å². The summed E-state index contributed by atoms with van der Waals surface area (Å²) < 4.78 is 16.0. The number of nitrogens with one attached hydrogen (secondary N) is 1. The zero-order valence-corrected chi connectivity index (χ0v) is 11.1. The largest absolute Gasteiger partial charge is 0.497 e. The molecule has 1 N–H and O–H groups in total. The summed E-state index contributed by atoms with van der Waals surface area (Å²) in [7, 11) is 3.34. The summed E-state index contributed by atoms with van der Waals surface area (Å²) in [6, 6.07) is 6.39. The first-order valence-electron chi connectivity index (χ1n) is 6.35. The van der Waals surface area contributed by atoms with Gasteiger partial charge in [0.1, 0.15) is 11.5 Å². The van der Waals surface area contributed by atoms with Gasteiger partial charge in [-0.1, -0.05) is 0 Å². The van der Waals surface area contributed by atoms with Gasteiger partial charge in [-0.15, -0.1) is 0 Å². The lowest BCUT2D eigenvalue weighted by Gasteiger charge is -2.23. The molecule has 4 heteroatoms. The average molecular weight is 251 g/mol. The van der Waals surface area contributed by atoms with Gasteiger partial charge in [0.25, 0.3) is 0 Å². The van der Waals surface area contributed by atoms with Gasteiger partial charge in [-0.25, -0.2) is 0 Å². The maximum Gasteiger partial charge on any atom is 0.122 e. The maximum absolute atomic E-state index is 5.45. The molecule has 1 fully saturated rings. The number of hydrogen-bond acceptors (Lipinski definition) is 4. The summed E-state index contributed by atoms with van der Waals surface area (Å²) in [6.45, 7) is 2.51. The number of hydrogen-bond donors (Lipinski definition) is 1. The predicted octanol–water partition coefficient (Wildman–Crippen LogP) is 1.97. The van der Waals surface area contributed by atoms with E-state index in [-0.39, 0.29) is 0 Å². The van der Waals surface area contributed by atoms with E-state index in [0.29, 0.717) is 6.04 Å². The third-order valence-corrected chi connectivity index (χ3v) is 3.17. The molecule has 4 nitrogen and oxygen atoms in total. The Labute approximate surface area is 108 Å². The number of benzene rings is 1. The molecule has 2 rings (SSSR count). The molecule has 1 aromatic rings. The van der Waals surface area contributed by atoms with Crippen molar-refractivity contribution in [3.8, 4) is 11.5 Å². The summed E-state index contributed by atoms with van der Waals surface area (Å²) in [5, 5.41) is 3.50. The number of methoxy groups -OCH3 is 2. The van der Waals surface area contributed by atoms with E-state index < -0.39 is 0 Å². The van der Waals surface area contributed by atoms with Crippen molar-refractivity contribution < 1.29 is 14.2 Å². The number of ether oxygens (including phenoxy) is 3. The van der Waals surface area contributed by atoms with Crippen LogP contribution in [0.2, 0.25) is 0 Å². The Bertz CT molecular complexity index is 353. The zero-order valence-electron chi connectivity index (χ0n) is 11.1. The van der Waals surface area contributed by atoms with Crippen LogP contribution in [0.5, 0.6) is 11.5 Å². The summed E-state index contributed by atoms with van der Waals surface area (Å²) in [5.41, 5.74) is 1.16. The SMILES string of the molecule is COc1cc(CNC2CCCOC2)cc(OC)c1. The first-order valence-corrected chi connectivity index (χ1v) is 6.35. The van der Waals surface area contributed by atoms with Crippen molar-refractivity contribution in [2.75, 3.05) is 27.4 Å². The minimum atomic E-state index is 0.455. The van der Waals surface area contributed by atoms with Crippen LogP contribution in [0.15, 0.2) is 18.2 Å². The lowest BCUT2D eigenvalue weighted by molar-refractivity contribution is 0.0699. The van der Waals surface area contributed by atoms with Gasteiger partial charge in [0.15, 0.2) is 0 Å². The normalized spacial score (nSPS) is 19.6. The Morgan fingerprint density at radius 2 is 1.94 bits per heavy atom. The van der Waals surface area contributed by atoms with Gasteiger partial charge in [-0.2, -0.15) is 0 Å². The average Bonchev–Trinajstić information content (AvgIpc) is 2.45. The van der Waals surface area contributed by atoms with Gasteiger partial charge in [-0.05, 0) is 30.5 Å². The summed E-state index contributed by atoms with van der Waals surface area (Å²) >= 11 is 0. The predicted molar refractivity (Wildman–Crippen MR) is 70.2 cm³/mol. The minimum Gasteiger partial charge on any atom is -0.497 e. The van der Waals surface area contributed by atoms with Crippen molar-refractivity contribution in [1.82, 2.24) is 5.32 Å². The van der Waals surface area contributed by atoms with Crippen LogP contribution in [0.4, 0.5) is 0 Å². The Balaban J connectivity index is 1.94. The Morgan fingerprint density at radius 1 is 1.22 bits per heavy atom. The van der Waals surface area contributed by atoms with Gasteiger partial charge in [0, 0.05) is 25.3 Å². The van der Waals surface area contributed by atoms with E-state index in [1.807, 2.05) is 18.2 Å². The van der Waals surface area contributed by atoms with Crippen LogP contribution in [0.1, 0.15) is 18.4 Å². The summed E-state index contributed by atoms with van der Waals surface area (Å²) in [6.07, 6.45) is 2.32. The molecule has 1 atom stereocenters. The molecule has 0 amide bonds. The standard InChI is InChI=1S/C14H21NO3/c1-16-13-6-11(7-14(8-13)17-2)9-15-12-4-3-5-18-10-12/h6-8,12,15H,3-5,9-10H2,1-2H3. The van der Waals surface area contributed by atoms with Gasteiger partial charge in [0.05, 0.1) is 20.8 Å². The molecule has 1 aliphatic rings. The summed E-state index contributed by atoms with van der Waals surface area (Å²) in [4.78, 5) is 0. The topological polar surface area (TPSA) is 39.7 Å². The molecule has 1 heterocycles. The van der Waals surface area contributed by atoms with E-state index in [1.165, 1.54) is 6.42 Å². The van der Waals surface area contributed by atoms with Crippen LogP contribution in [-0.4, -0.2) is 33.5 Å². The van der Waals surface area contributed by atoms with Crippen molar-refractivity contribution in [2.24, 2.45) is 0 Å². The molecule has 0 saturated carbocycles. The van der Waals surface area contributed by atoms with Crippen LogP contribution in [0, 0.1) is 0 Å². The second kappa shape index (κ2) is 6.61. The van der Waals surface area contributed by atoms with Crippen molar-refractivity contribution in [3.05, 3.63) is 23.8 Å². The summed E-state index contributed by atoms with van der Waals surface area (Å²) in [5.74, 6) is 1.65. The fourth-order valence-corrected chi connectivity index (χ4v) is 2.13. The van der Waals surface area contributed by atoms with Gasteiger partial charge in [0.2, 0.25) is 0 Å². The van der Waals surface area contributed by atoms with Gasteiger partial charge < -0.3 is 19.5 Å². The Morgan fingerprint density at radius 3 is 2.50 bits per heavy atom. The second-order valence-electron chi connectivity index (χ2n) is 4.52. The highest BCUT2D eigenvalue weighted by atomic mass is 16.5. The highest BCUT2D eigenvalue weighted by Gasteiger charge is 2.13. The Kier molecular flexibility index (Phi) is 4.84. The molecular formula is C14H21NO3. The molecule has 1 aliphatic heterocycles. The maximum atomic E-state index is 5.45. The van der Waals surface area contributed by atoms with E-state index in [1.54, 1.807) is 14.2 Å². The van der Waals surface area contributed by atoms with Crippen molar-refractivity contribution in [3.63, 3.8) is 0 Å². The van der Waals surface area contributed by atoms with E-state index in [4.69, 9.17) is 14.2 Å². The molecule has 100 valence electrons. The fraction of sp³-hybridized carbons (Fsp3) is 0.571. The van der Waals surface area contributed by atoms with Crippen molar-refractivity contribution >= 4 is 0 Å². The van der Waals surface area contributed by atoms with Crippen LogP contribution >= 0.6 is 0 Å². The smallest absolute Gasteiger partial charge is 0.122 e. The molecular weight excluding hydrogens is 230 g/mol. The highest BCUT2D eigenvalue weighted by Crippen LogP contribution is 2.22. The lowest BCUT2D eigenvalue weighted by atomic mass is 10.1. The quantitative estimate of drug-likeness (QED) is 0.868.